The monoisotopic (exact) mass is 181 g/mol. The molecular weight excluding hydrogens is 169 g/mol. The molecule has 1 N–H and O–H groups in total. The van der Waals surface area contributed by atoms with E-state index in [0.717, 1.165) is 0 Å². The van der Waals surface area contributed by atoms with Gasteiger partial charge in [-0.2, -0.15) is 0 Å². The number of nitrogens with zero attached hydrogens (tertiary/aromatic N) is 1. The molecule has 0 aliphatic rings. The Morgan fingerprint density at radius 3 is 2.00 bits per heavy atom. The number of hydrogen-bond donors (Lipinski definition) is 1. The molecule has 0 rings (SSSR count). The van der Waals surface area contributed by atoms with Crippen LogP contribution in [0, 0.1) is 5.92 Å². The molecule has 64 valence electrons. The number of aliphatic carboxylic acids is 1. The predicted octanol–water partition coefficient (Wildman–Crippen LogP) is -3.12. The van der Waals surface area contributed by atoms with Crippen molar-refractivity contribution in [3.8, 4) is 0 Å². The van der Waals surface area contributed by atoms with Crippen LogP contribution in [0.5, 0.6) is 0 Å². The van der Waals surface area contributed by atoms with Gasteiger partial charge in [0, 0.05) is 0 Å². The molecule has 0 bridgehead atoms. The van der Waals surface area contributed by atoms with Gasteiger partial charge in [0.1, 0.15) is 6.04 Å². The average Bonchev–Trinajstić information content (AvgIpc) is 1.81. The summed E-state index contributed by atoms with van der Waals surface area (Å²) in [6.07, 6.45) is 0. The molecule has 0 saturated carbocycles. The summed E-state index contributed by atoms with van der Waals surface area (Å²) in [5, 5.41) is 19.0. The second kappa shape index (κ2) is 6.46. The molecule has 0 aromatic carbocycles. The van der Waals surface area contributed by atoms with Crippen LogP contribution in [0.2, 0.25) is 0 Å². The predicted molar refractivity (Wildman–Crippen MR) is 39.4 cm³/mol. The van der Waals surface area contributed by atoms with Crippen LogP contribution >= 0.6 is 0 Å². The summed E-state index contributed by atoms with van der Waals surface area (Å²) < 4.78 is 0. The molecular formula is C7H12NNaO3. The van der Waals surface area contributed by atoms with Crippen molar-refractivity contribution < 1.29 is 44.6 Å². The minimum absolute atomic E-state index is 0. The Hall–Kier alpha value is -0.0600. The van der Waals surface area contributed by atoms with E-state index in [1.54, 1.807) is 13.8 Å². The third kappa shape index (κ3) is 5.57. The number of carbonyl (C=O) groups is 1. The molecule has 5 heteroatoms. The summed E-state index contributed by atoms with van der Waals surface area (Å²) in [5.74, 6) is -1.63. The van der Waals surface area contributed by atoms with E-state index in [0.29, 0.717) is 0 Å². The Balaban J connectivity index is 0. The van der Waals surface area contributed by atoms with Gasteiger partial charge in [-0.15, -0.1) is 0 Å². The van der Waals surface area contributed by atoms with Crippen LogP contribution in [0.1, 0.15) is 20.8 Å². The zero-order valence-electron chi connectivity index (χ0n) is 7.87. The molecule has 0 radical (unpaired) electrons. The largest absolute Gasteiger partial charge is 1.00 e. The maximum Gasteiger partial charge on any atom is 1.00 e. The topological polar surface area (TPSA) is 72.7 Å². The van der Waals surface area contributed by atoms with Crippen molar-refractivity contribution in [2.24, 2.45) is 10.9 Å². The first-order valence-corrected chi connectivity index (χ1v) is 3.39. The van der Waals surface area contributed by atoms with Gasteiger partial charge in [-0.1, -0.05) is 13.8 Å². The summed E-state index contributed by atoms with van der Waals surface area (Å²) in [6, 6.07) is -0.896. The van der Waals surface area contributed by atoms with E-state index >= 15 is 0 Å². The summed E-state index contributed by atoms with van der Waals surface area (Å²) >= 11 is 0. The molecule has 0 amide bonds. The summed E-state index contributed by atoms with van der Waals surface area (Å²) in [4.78, 5) is 13.9. The number of carboxylic acid groups (broad SMARTS) is 1. The van der Waals surface area contributed by atoms with Gasteiger partial charge >= 0.3 is 35.5 Å². The van der Waals surface area contributed by atoms with Gasteiger partial charge in [0.2, 0.25) is 0 Å². The normalized spacial score (nSPS) is 13.8. The third-order valence-electron chi connectivity index (χ3n) is 1.21. The first kappa shape index (κ1) is 14.5. The van der Waals surface area contributed by atoms with E-state index in [-0.39, 0.29) is 35.5 Å². The van der Waals surface area contributed by atoms with E-state index in [4.69, 9.17) is 5.11 Å². The van der Waals surface area contributed by atoms with Crippen molar-refractivity contribution in [2.45, 2.75) is 26.8 Å². The van der Waals surface area contributed by atoms with Crippen LogP contribution in [0.3, 0.4) is 0 Å². The van der Waals surface area contributed by atoms with Gasteiger partial charge in [-0.3, -0.25) is 4.99 Å². The third-order valence-corrected chi connectivity index (χ3v) is 1.21. The van der Waals surface area contributed by atoms with Crippen LogP contribution in [0.25, 0.3) is 0 Å². The van der Waals surface area contributed by atoms with E-state index in [1.807, 2.05) is 0 Å². The Bertz CT molecular complexity index is 175. The smallest absolute Gasteiger partial charge is 0.862 e. The maximum atomic E-state index is 10.4. The minimum Gasteiger partial charge on any atom is -0.862 e. The standard InChI is InChI=1S/C7H13NO3.Na/c1-4(2)6(7(10)11)8-5(3)9;/h4,6H,1-3H3,(H,8,9)(H,10,11);/q;+1/p-1/t6-;/m0./s1. The fourth-order valence-electron chi connectivity index (χ4n) is 0.685. The quantitative estimate of drug-likeness (QED) is 0.284. The van der Waals surface area contributed by atoms with Crippen LogP contribution in [0.4, 0.5) is 0 Å². The molecule has 0 aromatic heterocycles. The van der Waals surface area contributed by atoms with Crippen molar-refractivity contribution in [3.05, 3.63) is 0 Å². The van der Waals surface area contributed by atoms with Crippen molar-refractivity contribution >= 4 is 11.9 Å². The van der Waals surface area contributed by atoms with Crippen molar-refractivity contribution in [3.63, 3.8) is 0 Å². The molecule has 0 saturated heterocycles. The molecule has 0 unspecified atom stereocenters. The van der Waals surface area contributed by atoms with Crippen LogP contribution in [-0.2, 0) is 4.79 Å². The van der Waals surface area contributed by atoms with Crippen molar-refractivity contribution in [2.75, 3.05) is 0 Å². The van der Waals surface area contributed by atoms with Gasteiger partial charge in [-0.25, -0.2) is 4.79 Å². The molecule has 12 heavy (non-hydrogen) atoms. The van der Waals surface area contributed by atoms with Crippen LogP contribution < -0.4 is 34.7 Å². The Kier molecular flexibility index (Phi) is 7.78. The van der Waals surface area contributed by atoms with E-state index in [9.17, 15) is 9.90 Å². The number of carboxylic acids is 1. The van der Waals surface area contributed by atoms with Gasteiger partial charge in [0.25, 0.3) is 0 Å². The summed E-state index contributed by atoms with van der Waals surface area (Å²) in [7, 11) is 0. The van der Waals surface area contributed by atoms with E-state index in [2.05, 4.69) is 4.99 Å². The molecule has 0 aromatic rings. The molecule has 0 heterocycles. The number of aliphatic imine (C=N–C) groups is 1. The van der Waals surface area contributed by atoms with Gasteiger partial charge in [0.15, 0.2) is 0 Å². The summed E-state index contributed by atoms with van der Waals surface area (Å²) in [5.41, 5.74) is 0. The van der Waals surface area contributed by atoms with E-state index < -0.39 is 17.9 Å². The first-order chi connectivity index (χ1) is 4.95. The maximum absolute atomic E-state index is 10.4. The number of rotatable bonds is 3. The zero-order valence-corrected chi connectivity index (χ0v) is 9.87. The van der Waals surface area contributed by atoms with Gasteiger partial charge in [-0.05, 0) is 18.7 Å². The van der Waals surface area contributed by atoms with Crippen LogP contribution in [0.15, 0.2) is 4.99 Å². The number of hydrogen-bond acceptors (Lipinski definition) is 3. The second-order valence-electron chi connectivity index (χ2n) is 2.68. The summed E-state index contributed by atoms with van der Waals surface area (Å²) in [6.45, 7) is 4.68. The Morgan fingerprint density at radius 2 is 1.92 bits per heavy atom. The molecule has 0 fully saturated rings. The van der Waals surface area contributed by atoms with Crippen LogP contribution in [-0.4, -0.2) is 23.0 Å². The van der Waals surface area contributed by atoms with E-state index in [1.165, 1.54) is 6.92 Å². The fourth-order valence-corrected chi connectivity index (χ4v) is 0.685. The zero-order chi connectivity index (χ0) is 9.02. The second-order valence-corrected chi connectivity index (χ2v) is 2.68. The molecule has 0 aliphatic heterocycles. The SMILES string of the molecule is CC([O-])=N[C@H](C(=O)O)C(C)C.[Na+]. The van der Waals surface area contributed by atoms with Crippen molar-refractivity contribution in [1.82, 2.24) is 0 Å². The molecule has 1 atom stereocenters. The minimum atomic E-state index is -1.05. The molecule has 4 nitrogen and oxygen atoms in total. The Morgan fingerprint density at radius 1 is 1.50 bits per heavy atom. The molecule has 0 spiro atoms. The van der Waals surface area contributed by atoms with Crippen molar-refractivity contribution in [1.29, 1.82) is 0 Å². The van der Waals surface area contributed by atoms with Gasteiger partial charge in [0.05, 0.1) is 0 Å². The molecule has 0 aliphatic carbocycles. The fraction of sp³-hybridized carbons (Fsp3) is 0.714. The van der Waals surface area contributed by atoms with Gasteiger partial charge < -0.3 is 10.2 Å². The average molecular weight is 181 g/mol. The first-order valence-electron chi connectivity index (χ1n) is 3.39. The Labute approximate surface area is 94.0 Å².